The molecule has 46 heavy (non-hydrogen) atoms. The Hall–Kier alpha value is -5.02. The molecule has 4 aromatic rings. The van der Waals surface area contributed by atoms with Gasteiger partial charge in [0, 0.05) is 5.56 Å². The lowest BCUT2D eigenvalue weighted by atomic mass is 9.66. The zero-order valence-electron chi connectivity index (χ0n) is 24.8. The van der Waals surface area contributed by atoms with Crippen LogP contribution in [0, 0.1) is 5.92 Å². The van der Waals surface area contributed by atoms with Crippen LogP contribution in [0.5, 0.6) is 0 Å². The van der Waals surface area contributed by atoms with Gasteiger partial charge in [0.05, 0.1) is 33.4 Å². The van der Waals surface area contributed by atoms with Crippen molar-refractivity contribution in [2.24, 2.45) is 10.3 Å². The van der Waals surface area contributed by atoms with Crippen LogP contribution in [-0.2, 0) is 30.3 Å². The first-order chi connectivity index (χ1) is 21.6. The van der Waals surface area contributed by atoms with Crippen molar-refractivity contribution in [3.8, 4) is 0 Å². The molecule has 0 unspecified atom stereocenters. The molecule has 0 radical (unpaired) electrons. The quantitative estimate of drug-likeness (QED) is 0.174. The second-order valence-electron chi connectivity index (χ2n) is 11.8. The maximum absolute atomic E-state index is 14.1. The van der Waals surface area contributed by atoms with Gasteiger partial charge in [-0.1, -0.05) is 38.1 Å². The van der Waals surface area contributed by atoms with Gasteiger partial charge >= 0.3 is 5.97 Å². The number of fused-ring (bicyclic) bond motifs is 3. The number of benzene rings is 3. The summed E-state index contributed by atoms with van der Waals surface area (Å²) in [4.78, 5) is 31.6. The van der Waals surface area contributed by atoms with E-state index < -0.39 is 48.1 Å². The number of aromatic nitrogens is 2. The summed E-state index contributed by atoms with van der Waals surface area (Å²) in [5, 5.41) is 22.8. The number of hydrogen-bond acceptors (Lipinski definition) is 9. The van der Waals surface area contributed by atoms with Crippen molar-refractivity contribution in [3.63, 3.8) is 0 Å². The molecule has 15 heteroatoms. The second kappa shape index (κ2) is 10.8. The van der Waals surface area contributed by atoms with E-state index in [4.69, 9.17) is 0 Å². The maximum Gasteiger partial charge on any atom is 0.335 e. The fraction of sp³-hybridized carbons (Fsp3) is 0.226. The van der Waals surface area contributed by atoms with E-state index in [0.29, 0.717) is 29.9 Å². The number of ketones is 1. The lowest BCUT2D eigenvalue weighted by molar-refractivity contribution is -0.120. The summed E-state index contributed by atoms with van der Waals surface area (Å²) in [5.74, 6) is -2.10. The summed E-state index contributed by atoms with van der Waals surface area (Å²) in [6.07, 6.45) is 1.17. The van der Waals surface area contributed by atoms with Crippen LogP contribution in [0.4, 0.5) is 11.4 Å². The molecule has 0 saturated carbocycles. The molecule has 0 amide bonds. The zero-order valence-corrected chi connectivity index (χ0v) is 26.5. The van der Waals surface area contributed by atoms with E-state index in [2.05, 4.69) is 24.4 Å². The van der Waals surface area contributed by atoms with Gasteiger partial charge in [0.2, 0.25) is 5.16 Å². The first-order valence-corrected chi connectivity index (χ1v) is 17.1. The molecular formula is C31H29N5O8S2. The number of carbonyl (C=O) groups excluding carboxylic acids is 1. The van der Waals surface area contributed by atoms with Crippen LogP contribution >= 0.6 is 0 Å². The molecule has 6 rings (SSSR count). The highest BCUT2D eigenvalue weighted by atomic mass is 32.2. The smallest absolute Gasteiger partial charge is 0.335 e. The van der Waals surface area contributed by atoms with Gasteiger partial charge in [0.1, 0.15) is 16.2 Å². The summed E-state index contributed by atoms with van der Waals surface area (Å²) < 4.78 is 59.3. The monoisotopic (exact) mass is 663 g/mol. The van der Waals surface area contributed by atoms with Crippen molar-refractivity contribution in [3.05, 3.63) is 82.9 Å². The molecular weight excluding hydrogens is 635 g/mol. The molecule has 13 nitrogen and oxygen atoms in total. The predicted octanol–water partition coefficient (Wildman–Crippen LogP) is 4.82. The number of imidazole rings is 1. The number of anilines is 2. The molecule has 0 saturated heterocycles. The van der Waals surface area contributed by atoms with Crippen molar-refractivity contribution in [2.45, 2.75) is 49.1 Å². The number of aromatic carboxylic acids is 1. The lowest BCUT2D eigenvalue weighted by Crippen LogP contribution is -2.42. The summed E-state index contributed by atoms with van der Waals surface area (Å²) in [6, 6.07) is 14.5. The zero-order chi connectivity index (χ0) is 33.2. The van der Waals surface area contributed by atoms with Gasteiger partial charge in [-0.3, -0.25) is 9.52 Å². The van der Waals surface area contributed by atoms with Crippen LogP contribution in [0.2, 0.25) is 0 Å². The van der Waals surface area contributed by atoms with E-state index in [-0.39, 0.29) is 44.3 Å². The van der Waals surface area contributed by atoms with Gasteiger partial charge in [-0.25, -0.2) is 9.78 Å². The molecule has 0 fully saturated rings. The number of nitrogens with zero attached hydrogens (tertiary/aromatic N) is 2. The Kier molecular flexibility index (Phi) is 7.28. The van der Waals surface area contributed by atoms with E-state index in [1.54, 1.807) is 31.2 Å². The standard InChI is InChI=1S/C31H29N5O8S2/c1-16(2)12-13-31(3)20-7-5-4-6-19(20)26(37)25(27(31)38)28-32-22-11-9-18(15-24(22)45(41,42)36-28)35-46(43,44)30-33-21-10-8-17(29(39)40)14-23(21)34-30/h4-11,14-16,35,37H,12-13H2,1-3H3,(H,32,36)(H,33,34)(H,39,40)/t31-/m1/s1. The largest absolute Gasteiger partial charge is 0.506 e. The van der Waals surface area contributed by atoms with Crippen molar-refractivity contribution in [2.75, 3.05) is 10.0 Å². The van der Waals surface area contributed by atoms with Crippen LogP contribution in [0.1, 0.15) is 55.1 Å². The van der Waals surface area contributed by atoms with Crippen molar-refractivity contribution in [1.29, 1.82) is 0 Å². The lowest BCUT2D eigenvalue weighted by Gasteiger charge is -2.36. The highest BCUT2D eigenvalue weighted by molar-refractivity contribution is 7.92. The topological polar surface area (TPSA) is 208 Å². The van der Waals surface area contributed by atoms with E-state index in [9.17, 15) is 36.6 Å². The molecule has 2 aliphatic rings. The van der Waals surface area contributed by atoms with Crippen LogP contribution < -0.4 is 10.0 Å². The molecule has 2 heterocycles. The molecule has 1 atom stereocenters. The minimum absolute atomic E-state index is 0.0220. The van der Waals surface area contributed by atoms with Crippen LogP contribution in [0.3, 0.4) is 0 Å². The van der Waals surface area contributed by atoms with Gasteiger partial charge in [-0.2, -0.15) is 16.8 Å². The number of amidine groups is 1. The number of Topliss-reactive ketones (excluding diaryl/α,β-unsaturated/α-hetero) is 1. The van der Waals surface area contributed by atoms with Crippen LogP contribution in [0.25, 0.3) is 16.8 Å². The molecule has 1 aliphatic carbocycles. The minimum Gasteiger partial charge on any atom is -0.506 e. The summed E-state index contributed by atoms with van der Waals surface area (Å²) >= 11 is 0. The summed E-state index contributed by atoms with van der Waals surface area (Å²) in [5.41, 5.74) is -0.0296. The van der Waals surface area contributed by atoms with Crippen molar-refractivity contribution < 1.29 is 36.6 Å². The predicted molar refractivity (Wildman–Crippen MR) is 171 cm³/mol. The van der Waals surface area contributed by atoms with Gasteiger partial charge < -0.3 is 20.5 Å². The Bertz CT molecular complexity index is 2250. The number of H-pyrrole nitrogens is 1. The number of carboxylic acid groups (broad SMARTS) is 1. The van der Waals surface area contributed by atoms with Crippen molar-refractivity contribution >= 4 is 65.8 Å². The average Bonchev–Trinajstić information content (AvgIpc) is 3.44. The fourth-order valence-electron chi connectivity index (χ4n) is 5.64. The Morgan fingerprint density at radius 1 is 1.09 bits per heavy atom. The Morgan fingerprint density at radius 2 is 1.83 bits per heavy atom. The number of aromatic amines is 1. The molecule has 0 bridgehead atoms. The van der Waals surface area contributed by atoms with Crippen molar-refractivity contribution in [1.82, 2.24) is 9.97 Å². The SMILES string of the molecule is CC(C)CC[C@@]1(C)C(=O)C(C2=NS(=O)(=O)c3cc(NS(=O)(=O)c4nc5ccc(C(=O)O)cc5[nH]4)ccc3N2)=C(O)c2ccccc21. The number of aliphatic hydroxyl groups excluding tert-OH is 1. The third-order valence-electron chi connectivity index (χ3n) is 8.14. The molecule has 1 aliphatic heterocycles. The van der Waals surface area contributed by atoms with Crippen LogP contribution in [0.15, 0.2) is 80.7 Å². The second-order valence-corrected chi connectivity index (χ2v) is 15.0. The molecule has 1 aromatic heterocycles. The van der Waals surface area contributed by atoms with E-state index >= 15 is 0 Å². The average molecular weight is 664 g/mol. The summed E-state index contributed by atoms with van der Waals surface area (Å²) in [6.45, 7) is 5.85. The maximum atomic E-state index is 14.1. The molecule has 238 valence electrons. The summed E-state index contributed by atoms with van der Waals surface area (Å²) in [7, 11) is -8.86. The van der Waals surface area contributed by atoms with Gasteiger partial charge in [-0.05, 0) is 67.6 Å². The number of carboxylic acids is 1. The highest BCUT2D eigenvalue weighted by Crippen LogP contribution is 2.44. The van der Waals surface area contributed by atoms with E-state index in [0.717, 1.165) is 6.07 Å². The van der Waals surface area contributed by atoms with Gasteiger partial charge in [-0.15, -0.1) is 4.40 Å². The van der Waals surface area contributed by atoms with E-state index in [1.807, 2.05) is 13.8 Å². The molecule has 0 spiro atoms. The third-order valence-corrected chi connectivity index (χ3v) is 10.7. The first kappa shape index (κ1) is 31.0. The highest BCUT2D eigenvalue weighted by Gasteiger charge is 2.46. The van der Waals surface area contributed by atoms with Gasteiger partial charge in [0.15, 0.2) is 11.6 Å². The fourth-order valence-corrected chi connectivity index (χ4v) is 7.78. The number of nitrogens with one attached hydrogen (secondary N) is 3. The Balaban J connectivity index is 1.34. The third kappa shape index (κ3) is 5.20. The van der Waals surface area contributed by atoms with Crippen LogP contribution in [-0.4, -0.2) is 54.6 Å². The Morgan fingerprint density at radius 3 is 2.54 bits per heavy atom. The number of carbonyl (C=O) groups is 2. The number of sulfonamides is 2. The molecule has 5 N–H and O–H groups in total. The van der Waals surface area contributed by atoms with E-state index in [1.165, 1.54) is 30.3 Å². The normalized spacial score (nSPS) is 19.0. The number of hydrogen-bond donors (Lipinski definition) is 5. The molecule has 3 aromatic carbocycles. The number of aliphatic hydroxyl groups is 1. The Labute approximate surface area is 264 Å². The van der Waals surface area contributed by atoms with Gasteiger partial charge in [0.25, 0.3) is 20.0 Å². The number of rotatable bonds is 8. The minimum atomic E-state index is -4.49. The first-order valence-electron chi connectivity index (χ1n) is 14.2.